The van der Waals surface area contributed by atoms with Crippen molar-refractivity contribution in [3.63, 3.8) is 0 Å². The molecule has 118 valence electrons. The Labute approximate surface area is 126 Å². The molecule has 6 nitrogen and oxygen atoms in total. The molecule has 0 aromatic carbocycles. The quantitative estimate of drug-likeness (QED) is 0.833. The Morgan fingerprint density at radius 3 is 2.57 bits per heavy atom. The van der Waals surface area contributed by atoms with E-state index >= 15 is 0 Å². The van der Waals surface area contributed by atoms with E-state index in [0.29, 0.717) is 13.0 Å². The smallest absolute Gasteiger partial charge is 0.222 e. The molecule has 0 atom stereocenters. The van der Waals surface area contributed by atoms with E-state index in [4.69, 9.17) is 0 Å². The van der Waals surface area contributed by atoms with Gasteiger partial charge in [0.15, 0.2) is 0 Å². The molecule has 2 rings (SSSR count). The van der Waals surface area contributed by atoms with Gasteiger partial charge in [-0.05, 0) is 26.3 Å². The fourth-order valence-electron chi connectivity index (χ4n) is 2.69. The number of aliphatic hydroxyl groups is 1. The number of amides is 1. The second-order valence-corrected chi connectivity index (χ2v) is 6.34. The zero-order chi connectivity index (χ0) is 15.3. The molecule has 0 bridgehead atoms. The molecule has 0 aliphatic carbocycles. The summed E-state index contributed by atoms with van der Waals surface area (Å²) in [5.41, 5.74) is -0.671. The molecule has 0 unspecified atom stereocenters. The van der Waals surface area contributed by atoms with Gasteiger partial charge in [-0.3, -0.25) is 14.4 Å². The van der Waals surface area contributed by atoms with Gasteiger partial charge in [-0.2, -0.15) is 5.10 Å². The van der Waals surface area contributed by atoms with Crippen LogP contribution in [-0.2, 0) is 11.3 Å². The molecule has 1 N–H and O–H groups in total. The highest BCUT2D eigenvalue weighted by atomic mass is 16.3. The number of aryl methyl sites for hydroxylation is 1. The summed E-state index contributed by atoms with van der Waals surface area (Å²) in [6, 6.07) is 1.89. The lowest BCUT2D eigenvalue weighted by molar-refractivity contribution is -0.133. The van der Waals surface area contributed by atoms with Crippen LogP contribution in [0.1, 0.15) is 26.7 Å². The van der Waals surface area contributed by atoms with Gasteiger partial charge in [0.05, 0.1) is 5.60 Å². The Bertz CT molecular complexity index is 431. The van der Waals surface area contributed by atoms with Gasteiger partial charge < -0.3 is 10.0 Å². The van der Waals surface area contributed by atoms with Crippen molar-refractivity contribution in [1.29, 1.82) is 0 Å². The first-order valence-corrected chi connectivity index (χ1v) is 7.64. The first-order valence-electron chi connectivity index (χ1n) is 7.64. The monoisotopic (exact) mass is 294 g/mol. The summed E-state index contributed by atoms with van der Waals surface area (Å²) >= 11 is 0. The van der Waals surface area contributed by atoms with E-state index in [2.05, 4.69) is 10.00 Å². The summed E-state index contributed by atoms with van der Waals surface area (Å²) in [5, 5.41) is 14.0. The van der Waals surface area contributed by atoms with Crippen LogP contribution in [-0.4, -0.2) is 68.9 Å². The van der Waals surface area contributed by atoms with Gasteiger partial charge in [-0.25, -0.2) is 0 Å². The average molecular weight is 294 g/mol. The molecule has 1 aliphatic heterocycles. The lowest BCUT2D eigenvalue weighted by Crippen LogP contribution is -2.51. The maximum absolute atomic E-state index is 12.1. The van der Waals surface area contributed by atoms with E-state index in [1.807, 2.05) is 35.7 Å². The molecule has 1 fully saturated rings. The van der Waals surface area contributed by atoms with Crippen molar-refractivity contribution >= 4 is 5.91 Å². The topological polar surface area (TPSA) is 61.6 Å². The first-order chi connectivity index (χ1) is 9.94. The van der Waals surface area contributed by atoms with Crippen molar-refractivity contribution in [2.75, 3.05) is 32.7 Å². The third-order valence-electron chi connectivity index (χ3n) is 3.67. The highest BCUT2D eigenvalue weighted by Gasteiger charge is 2.24. The van der Waals surface area contributed by atoms with Crippen LogP contribution in [0.15, 0.2) is 18.5 Å². The number of carbonyl (C=O) groups is 1. The highest BCUT2D eigenvalue weighted by molar-refractivity contribution is 5.76. The van der Waals surface area contributed by atoms with Crippen LogP contribution < -0.4 is 0 Å². The Hall–Kier alpha value is -1.40. The van der Waals surface area contributed by atoms with Crippen molar-refractivity contribution < 1.29 is 9.90 Å². The molecule has 0 saturated carbocycles. The lowest BCUT2D eigenvalue weighted by atomic mass is 10.1. The Kier molecular flexibility index (Phi) is 5.36. The van der Waals surface area contributed by atoms with Gasteiger partial charge in [-0.1, -0.05) is 0 Å². The number of piperazine rings is 1. The van der Waals surface area contributed by atoms with Crippen LogP contribution in [0, 0.1) is 0 Å². The van der Waals surface area contributed by atoms with Crippen LogP contribution >= 0.6 is 0 Å². The molecule has 1 aromatic rings. The van der Waals surface area contributed by atoms with Gasteiger partial charge in [-0.15, -0.1) is 0 Å². The normalized spacial score (nSPS) is 17.2. The maximum atomic E-state index is 12.1. The van der Waals surface area contributed by atoms with Crippen molar-refractivity contribution in [2.24, 2.45) is 0 Å². The number of hydrogen-bond donors (Lipinski definition) is 1. The summed E-state index contributed by atoms with van der Waals surface area (Å²) in [6.45, 7) is 8.29. The van der Waals surface area contributed by atoms with Crippen LogP contribution in [0.5, 0.6) is 0 Å². The number of rotatable bonds is 6. The Balaban J connectivity index is 1.66. The van der Waals surface area contributed by atoms with E-state index in [1.165, 1.54) is 0 Å². The molecule has 0 radical (unpaired) electrons. The zero-order valence-corrected chi connectivity index (χ0v) is 13.0. The fourth-order valence-corrected chi connectivity index (χ4v) is 2.69. The van der Waals surface area contributed by atoms with Crippen LogP contribution in [0.2, 0.25) is 0 Å². The molecule has 1 amide bonds. The molecule has 1 saturated heterocycles. The number of β-amino-alcohol motifs (C(OH)–C–C–N with tert-alkyl or cyclic N) is 1. The third kappa shape index (κ3) is 5.47. The molecule has 1 aromatic heterocycles. The van der Waals surface area contributed by atoms with E-state index in [0.717, 1.165) is 39.1 Å². The summed E-state index contributed by atoms with van der Waals surface area (Å²) < 4.78 is 1.86. The van der Waals surface area contributed by atoms with Gasteiger partial charge in [0, 0.05) is 58.1 Å². The second-order valence-electron chi connectivity index (χ2n) is 6.34. The molecule has 6 heteroatoms. The fraction of sp³-hybridized carbons (Fsp3) is 0.733. The SMILES string of the molecule is CC(C)(O)CN1CCN(C(=O)CCCn2cccn2)CC1. The van der Waals surface area contributed by atoms with Gasteiger partial charge in [0.25, 0.3) is 0 Å². The van der Waals surface area contributed by atoms with Crippen molar-refractivity contribution in [3.8, 4) is 0 Å². The Morgan fingerprint density at radius 2 is 2.00 bits per heavy atom. The Morgan fingerprint density at radius 1 is 1.29 bits per heavy atom. The maximum Gasteiger partial charge on any atom is 0.222 e. The molecule has 0 spiro atoms. The molecule has 2 heterocycles. The number of aromatic nitrogens is 2. The van der Waals surface area contributed by atoms with E-state index in [9.17, 15) is 9.90 Å². The third-order valence-corrected chi connectivity index (χ3v) is 3.67. The predicted octanol–water partition coefficient (Wildman–Crippen LogP) is 0.578. The molecule has 1 aliphatic rings. The summed E-state index contributed by atoms with van der Waals surface area (Å²) in [6.07, 6.45) is 5.07. The number of nitrogens with zero attached hydrogens (tertiary/aromatic N) is 4. The minimum Gasteiger partial charge on any atom is -0.389 e. The predicted molar refractivity (Wildman–Crippen MR) is 80.8 cm³/mol. The zero-order valence-electron chi connectivity index (χ0n) is 13.0. The van der Waals surface area contributed by atoms with Crippen LogP contribution in [0.4, 0.5) is 0 Å². The molecule has 21 heavy (non-hydrogen) atoms. The summed E-state index contributed by atoms with van der Waals surface area (Å²) in [5.74, 6) is 0.227. The standard InChI is InChI=1S/C15H26N4O2/c1-15(2,21)13-17-9-11-18(12-10-17)14(20)5-3-7-19-8-4-6-16-19/h4,6,8,21H,3,5,7,9-13H2,1-2H3. The van der Waals surface area contributed by atoms with Crippen molar-refractivity contribution in [1.82, 2.24) is 19.6 Å². The van der Waals surface area contributed by atoms with Crippen molar-refractivity contribution in [2.45, 2.75) is 38.8 Å². The van der Waals surface area contributed by atoms with Crippen LogP contribution in [0.25, 0.3) is 0 Å². The average Bonchev–Trinajstić information content (AvgIpc) is 2.91. The summed E-state index contributed by atoms with van der Waals surface area (Å²) in [4.78, 5) is 16.3. The minimum atomic E-state index is -0.671. The second kappa shape index (κ2) is 7.04. The van der Waals surface area contributed by atoms with Crippen LogP contribution in [0.3, 0.4) is 0 Å². The lowest BCUT2D eigenvalue weighted by Gasteiger charge is -2.37. The van der Waals surface area contributed by atoms with E-state index in [-0.39, 0.29) is 5.91 Å². The first kappa shape index (κ1) is 16.0. The number of hydrogen-bond acceptors (Lipinski definition) is 4. The largest absolute Gasteiger partial charge is 0.389 e. The van der Waals surface area contributed by atoms with Crippen molar-refractivity contribution in [3.05, 3.63) is 18.5 Å². The van der Waals surface area contributed by atoms with Gasteiger partial charge in [0.1, 0.15) is 0 Å². The highest BCUT2D eigenvalue weighted by Crippen LogP contribution is 2.10. The minimum absolute atomic E-state index is 0.227. The van der Waals surface area contributed by atoms with E-state index in [1.54, 1.807) is 6.20 Å². The van der Waals surface area contributed by atoms with Gasteiger partial charge in [0.2, 0.25) is 5.91 Å². The van der Waals surface area contributed by atoms with Gasteiger partial charge >= 0.3 is 0 Å². The summed E-state index contributed by atoms with van der Waals surface area (Å²) in [7, 11) is 0. The van der Waals surface area contributed by atoms with E-state index < -0.39 is 5.60 Å². The molecular formula is C15H26N4O2. The number of carbonyl (C=O) groups excluding carboxylic acids is 1. The molecular weight excluding hydrogens is 268 g/mol.